The van der Waals surface area contributed by atoms with E-state index < -0.39 is 119 Å². The first-order valence-corrected chi connectivity index (χ1v) is 32.3. The van der Waals surface area contributed by atoms with Crippen LogP contribution in [-0.4, -0.2) is 249 Å². The number of esters is 4. The minimum Gasteiger partial charge on any atom is -0.485 e. The number of benzene rings is 1. The number of aliphatic carboxylic acids is 1. The molecule has 6 aliphatic rings. The summed E-state index contributed by atoms with van der Waals surface area (Å²) in [6.45, 7) is 11.8. The van der Waals surface area contributed by atoms with Crippen LogP contribution in [0.1, 0.15) is 84.1 Å². The van der Waals surface area contributed by atoms with Crippen LogP contribution in [0.3, 0.4) is 0 Å². The number of epoxide rings is 1. The number of carboxylic acids is 1. The fourth-order valence-electron chi connectivity index (χ4n) is 12.4. The molecule has 526 valence electrons. The van der Waals surface area contributed by atoms with E-state index in [-0.39, 0.29) is 89.6 Å². The van der Waals surface area contributed by atoms with Crippen molar-refractivity contribution < 1.29 is 125 Å². The van der Waals surface area contributed by atoms with E-state index in [2.05, 4.69) is 10.6 Å². The average molecular weight is 1330 g/mol. The maximum absolute atomic E-state index is 14.4. The van der Waals surface area contributed by atoms with Crippen LogP contribution in [0.25, 0.3) is 0 Å². The van der Waals surface area contributed by atoms with Gasteiger partial charge in [-0.25, -0.2) is 14.4 Å². The van der Waals surface area contributed by atoms with Gasteiger partial charge in [0.15, 0.2) is 0 Å². The van der Waals surface area contributed by atoms with Gasteiger partial charge in [0.1, 0.15) is 55.0 Å². The van der Waals surface area contributed by atoms with E-state index in [1.54, 1.807) is 6.92 Å². The number of carbonyl (C=O) groups is 7. The van der Waals surface area contributed by atoms with E-state index in [9.17, 15) is 54.0 Å². The van der Waals surface area contributed by atoms with Crippen LogP contribution >= 0.6 is 0 Å². The molecule has 2 saturated heterocycles. The number of nitrogens with two attached hydrogens (primary N) is 1. The number of anilines is 1. The first kappa shape index (κ1) is 75.4. The lowest BCUT2D eigenvalue weighted by atomic mass is 9.51. The summed E-state index contributed by atoms with van der Waals surface area (Å²) in [4.78, 5) is 92.4. The van der Waals surface area contributed by atoms with Crippen molar-refractivity contribution in [3.63, 3.8) is 0 Å². The Morgan fingerprint density at radius 2 is 1.30 bits per heavy atom. The quantitative estimate of drug-likeness (QED) is 0.0163. The summed E-state index contributed by atoms with van der Waals surface area (Å²) >= 11 is 0. The SMILES string of the molecule is CC1=C[C@H]2O[C@@H]3C[C@H]4OC(=O)/C=C\C=C\C(=O)OCC[C@@H](C)[C@@H](NC(=O)CCCC(=O)OCc5ccc(O[C@@H]6C[C@H](C(=O)O)[C@@H](O)[C@H](O)[C@H]6O)c(NC(=O)CCOCCOCCOCCOCCOCCOCCOCCOCCN)c5)C(=O)OC[C@@]2(CC1)[C@]4(C)[C@]31CO1. The third-order valence-electron chi connectivity index (χ3n) is 17.9. The summed E-state index contributed by atoms with van der Waals surface area (Å²) in [6, 6.07) is 3.13. The molecule has 4 fully saturated rings. The molecular weight excluding hydrogens is 1240 g/mol. The predicted molar refractivity (Wildman–Crippen MR) is 328 cm³/mol. The minimum atomic E-state index is -1.86. The van der Waals surface area contributed by atoms with Crippen molar-refractivity contribution in [2.75, 3.05) is 137 Å². The summed E-state index contributed by atoms with van der Waals surface area (Å²) in [7, 11) is 0. The number of carboxylic acid groups (broad SMARTS) is 1. The molecule has 29 nitrogen and oxygen atoms in total. The van der Waals surface area contributed by atoms with E-state index in [4.69, 9.17) is 76.8 Å². The molecule has 0 radical (unpaired) electrons. The number of ether oxygens (including phenoxy) is 15. The molecule has 2 spiro atoms. The number of allylic oxidation sites excluding steroid dienone is 3. The molecule has 1 aromatic carbocycles. The molecule has 3 aliphatic heterocycles. The van der Waals surface area contributed by atoms with E-state index in [0.29, 0.717) is 124 Å². The number of aliphatic hydroxyl groups excluding tert-OH is 3. The van der Waals surface area contributed by atoms with Crippen LogP contribution in [0.2, 0.25) is 0 Å². The number of amides is 2. The highest BCUT2D eigenvalue weighted by Gasteiger charge is 2.83. The molecular formula is C65H95N3O26. The molecule has 1 aromatic rings. The first-order valence-electron chi connectivity index (χ1n) is 32.3. The summed E-state index contributed by atoms with van der Waals surface area (Å²) in [5, 5.41) is 46.9. The summed E-state index contributed by atoms with van der Waals surface area (Å²) < 4.78 is 86.0. The topological polar surface area (TPSA) is 392 Å². The van der Waals surface area contributed by atoms with Gasteiger partial charge in [0.05, 0.1) is 161 Å². The fraction of sp³-hybridized carbons (Fsp3) is 0.708. The van der Waals surface area contributed by atoms with Crippen molar-refractivity contribution in [3.8, 4) is 5.75 Å². The van der Waals surface area contributed by atoms with Gasteiger partial charge in [-0.1, -0.05) is 43.7 Å². The lowest BCUT2D eigenvalue weighted by Crippen LogP contribution is -2.67. The molecule has 0 unspecified atom stereocenters. The molecule has 8 N–H and O–H groups in total. The molecule has 13 atom stereocenters. The zero-order chi connectivity index (χ0) is 67.5. The zero-order valence-corrected chi connectivity index (χ0v) is 54.0. The van der Waals surface area contributed by atoms with Gasteiger partial charge in [0.2, 0.25) is 11.8 Å². The van der Waals surface area contributed by atoms with Crippen molar-refractivity contribution >= 4 is 47.3 Å². The Balaban J connectivity index is 0.851. The van der Waals surface area contributed by atoms with Crippen LogP contribution in [0.5, 0.6) is 5.75 Å². The van der Waals surface area contributed by atoms with Gasteiger partial charge in [0.25, 0.3) is 0 Å². The van der Waals surface area contributed by atoms with Gasteiger partial charge in [-0.2, -0.15) is 0 Å². The molecule has 3 aliphatic carbocycles. The van der Waals surface area contributed by atoms with Crippen molar-refractivity contribution in [1.29, 1.82) is 0 Å². The average Bonchev–Trinajstić information content (AvgIpc) is 1.48. The lowest BCUT2D eigenvalue weighted by Gasteiger charge is -2.58. The van der Waals surface area contributed by atoms with Crippen molar-refractivity contribution in [2.45, 2.75) is 140 Å². The Bertz CT molecular complexity index is 2720. The minimum absolute atomic E-state index is 0.00535. The Kier molecular flexibility index (Phi) is 30.5. The molecule has 2 amide bonds. The summed E-state index contributed by atoms with van der Waals surface area (Å²) in [6.07, 6.45) is -0.331. The van der Waals surface area contributed by atoms with Gasteiger partial charge in [0, 0.05) is 49.8 Å². The second kappa shape index (κ2) is 38.1. The third kappa shape index (κ3) is 21.2. The van der Waals surface area contributed by atoms with Crippen molar-refractivity contribution in [1.82, 2.24) is 5.32 Å². The monoisotopic (exact) mass is 1330 g/mol. The molecule has 0 aromatic heterocycles. The Hall–Kier alpha value is -6.03. The van der Waals surface area contributed by atoms with Crippen LogP contribution in [0, 0.1) is 22.7 Å². The Morgan fingerprint density at radius 3 is 1.89 bits per heavy atom. The zero-order valence-electron chi connectivity index (χ0n) is 54.0. The number of nitrogens with one attached hydrogen (secondary N) is 2. The summed E-state index contributed by atoms with van der Waals surface area (Å²) in [5.41, 5.74) is 4.32. The number of cyclic esters (lactones) is 2. The normalized spacial score (nSPS) is 29.9. The lowest BCUT2D eigenvalue weighted by molar-refractivity contribution is -0.233. The number of rotatable bonds is 37. The maximum atomic E-state index is 14.4. The van der Waals surface area contributed by atoms with Crippen LogP contribution in [0.15, 0.2) is 54.2 Å². The smallest absolute Gasteiger partial charge is 0.331 e. The Labute approximate surface area is 546 Å². The highest BCUT2D eigenvalue weighted by Crippen LogP contribution is 2.72. The van der Waals surface area contributed by atoms with E-state index in [1.807, 2.05) is 19.9 Å². The highest BCUT2D eigenvalue weighted by atomic mass is 16.6. The summed E-state index contributed by atoms with van der Waals surface area (Å²) in [5.74, 6) is -7.40. The van der Waals surface area contributed by atoms with Crippen LogP contribution in [0.4, 0.5) is 5.69 Å². The first-order chi connectivity index (χ1) is 45.3. The van der Waals surface area contributed by atoms with Gasteiger partial charge < -0.3 is 108 Å². The predicted octanol–water partition coefficient (Wildman–Crippen LogP) is 1.56. The van der Waals surface area contributed by atoms with Crippen molar-refractivity contribution in [2.24, 2.45) is 28.4 Å². The molecule has 2 bridgehead atoms. The number of aliphatic hydroxyl groups is 3. The van der Waals surface area contributed by atoms with Gasteiger partial charge in [-0.3, -0.25) is 19.2 Å². The van der Waals surface area contributed by atoms with Crippen molar-refractivity contribution in [3.05, 3.63) is 59.7 Å². The number of hydrogen-bond donors (Lipinski definition) is 7. The second-order valence-corrected chi connectivity index (χ2v) is 24.2. The van der Waals surface area contributed by atoms with Gasteiger partial charge in [-0.05, 0) is 56.2 Å². The molecule has 2 saturated carbocycles. The molecule has 94 heavy (non-hydrogen) atoms. The number of carbonyl (C=O) groups excluding carboxylic acids is 6. The van der Waals surface area contributed by atoms with E-state index in [0.717, 1.165) is 11.6 Å². The van der Waals surface area contributed by atoms with Crippen LogP contribution < -0.4 is 21.1 Å². The van der Waals surface area contributed by atoms with Gasteiger partial charge in [-0.15, -0.1) is 0 Å². The van der Waals surface area contributed by atoms with E-state index in [1.165, 1.54) is 36.4 Å². The standard InChI is InChI=1S/C65H95N3O26/c1-42-13-16-64-40-90-62(79)57(43(2)14-19-88-54(71)8-4-5-9-56(73)94-49-38-51(93-50(64)35-42)65(41-91-65)63(49,64)3)68-52(69)7-6-10-55(72)89-39-44-11-12-47(92-48-37-45(61(77)78)58(74)60(76)59(48)75)46(36-44)67-53(70)15-18-80-21-23-82-25-27-84-29-31-86-33-34-87-32-30-85-28-26-83-24-22-81-20-17-66/h4-5,8-9,11-12,35-36,43,45,48-51,57-60,74-76H,6-7,10,13-34,37-41,66H2,1-3H3,(H,67,70)(H,68,69)(H,77,78)/b8-4+,9-5-/t43-,45+,48-,49-,50-,51-,57-,58-,59+,60+,63-,64-,65+/m1/s1. The van der Waals surface area contributed by atoms with Crippen LogP contribution in [-0.2, 0) is 106 Å². The highest BCUT2D eigenvalue weighted by molar-refractivity contribution is 5.92. The molecule has 7 rings (SSSR count). The molecule has 3 heterocycles. The fourth-order valence-corrected chi connectivity index (χ4v) is 12.4. The third-order valence-corrected chi connectivity index (χ3v) is 17.9. The maximum Gasteiger partial charge on any atom is 0.331 e. The van der Waals surface area contributed by atoms with E-state index >= 15 is 0 Å². The number of hydrogen-bond acceptors (Lipinski definition) is 26. The Morgan fingerprint density at radius 1 is 0.702 bits per heavy atom. The second-order valence-electron chi connectivity index (χ2n) is 24.2. The molecule has 29 heteroatoms. The van der Waals surface area contributed by atoms with Gasteiger partial charge >= 0.3 is 29.8 Å². The largest absolute Gasteiger partial charge is 0.485 e.